The number of likely N-dealkylation sites (tertiary alicyclic amines) is 1. The number of nitriles is 1. The molecule has 0 N–H and O–H groups in total. The number of rotatable bonds is 4. The molecule has 28 heavy (non-hydrogen) atoms. The van der Waals surface area contributed by atoms with Gasteiger partial charge < -0.3 is 4.74 Å². The van der Waals surface area contributed by atoms with Gasteiger partial charge in [-0.15, -0.1) is 0 Å². The van der Waals surface area contributed by atoms with Crippen LogP contribution in [0.4, 0.5) is 0 Å². The second kappa shape index (κ2) is 8.22. The Bertz CT molecular complexity index is 940. The topological polar surface area (TPSA) is 36.3 Å². The Morgan fingerprint density at radius 2 is 2.00 bits per heavy atom. The molecule has 2 aromatic rings. The van der Waals surface area contributed by atoms with Crippen molar-refractivity contribution < 1.29 is 4.74 Å². The molecule has 0 unspecified atom stereocenters. The molecule has 2 aromatic carbocycles. The average molecular weight is 436 g/mol. The Morgan fingerprint density at radius 3 is 2.68 bits per heavy atom. The van der Waals surface area contributed by atoms with E-state index in [1.54, 1.807) is 12.1 Å². The fraction of sp³-hybridized carbons (Fsp3) is 0.409. The first kappa shape index (κ1) is 20.0. The van der Waals surface area contributed by atoms with E-state index in [4.69, 9.17) is 44.8 Å². The minimum Gasteiger partial charge on any atom is -0.367 e. The van der Waals surface area contributed by atoms with Crippen LogP contribution in [0.5, 0.6) is 0 Å². The summed E-state index contributed by atoms with van der Waals surface area (Å²) < 4.78 is 6.41. The van der Waals surface area contributed by atoms with Crippen molar-refractivity contribution in [3.05, 3.63) is 67.7 Å². The fourth-order valence-corrected chi connectivity index (χ4v) is 5.14. The first-order valence-electron chi connectivity index (χ1n) is 9.48. The summed E-state index contributed by atoms with van der Waals surface area (Å²) in [6.45, 7) is 4.81. The zero-order chi connectivity index (χ0) is 19.8. The molecule has 0 radical (unpaired) electrons. The van der Waals surface area contributed by atoms with Crippen molar-refractivity contribution in [2.75, 3.05) is 13.1 Å². The molecule has 0 bridgehead atoms. The normalized spacial score (nSPS) is 24.3. The highest BCUT2D eigenvalue weighted by Gasteiger charge is 2.40. The first-order chi connectivity index (χ1) is 13.5. The van der Waals surface area contributed by atoms with Crippen LogP contribution in [0.25, 0.3) is 0 Å². The molecule has 146 valence electrons. The lowest BCUT2D eigenvalue weighted by molar-refractivity contribution is -0.0116. The lowest BCUT2D eigenvalue weighted by atomic mass is 10.1. The van der Waals surface area contributed by atoms with Crippen LogP contribution < -0.4 is 0 Å². The van der Waals surface area contributed by atoms with Gasteiger partial charge in [-0.25, -0.2) is 0 Å². The van der Waals surface area contributed by atoms with E-state index in [0.717, 1.165) is 36.2 Å². The van der Waals surface area contributed by atoms with E-state index in [1.807, 2.05) is 18.2 Å². The van der Waals surface area contributed by atoms with E-state index in [-0.39, 0.29) is 12.1 Å². The van der Waals surface area contributed by atoms with Crippen molar-refractivity contribution in [2.24, 2.45) is 5.92 Å². The highest BCUT2D eigenvalue weighted by Crippen LogP contribution is 2.43. The molecular formula is C22H21Cl3N2O. The molecular weight excluding hydrogens is 415 g/mol. The predicted molar refractivity (Wildman–Crippen MR) is 113 cm³/mol. The van der Waals surface area contributed by atoms with Gasteiger partial charge in [0.2, 0.25) is 0 Å². The second-order valence-corrected chi connectivity index (χ2v) is 9.02. The van der Waals surface area contributed by atoms with Crippen molar-refractivity contribution in [1.82, 2.24) is 4.90 Å². The predicted octanol–water partition coefficient (Wildman–Crippen LogP) is 6.04. The molecule has 0 saturated carbocycles. The van der Waals surface area contributed by atoms with E-state index in [1.165, 1.54) is 6.42 Å². The van der Waals surface area contributed by atoms with Gasteiger partial charge in [0.25, 0.3) is 0 Å². The van der Waals surface area contributed by atoms with Crippen LogP contribution in [0.3, 0.4) is 0 Å². The Hall–Kier alpha value is -1.28. The maximum absolute atomic E-state index is 9.02. The zero-order valence-electron chi connectivity index (χ0n) is 15.6. The number of fused-ring (bicyclic) bond motifs is 1. The number of benzene rings is 2. The van der Waals surface area contributed by atoms with Gasteiger partial charge in [-0.1, -0.05) is 47.8 Å². The number of hydrogen-bond donors (Lipinski definition) is 0. The smallest absolute Gasteiger partial charge is 0.0992 e. The van der Waals surface area contributed by atoms with E-state index < -0.39 is 0 Å². The average Bonchev–Trinajstić information content (AvgIpc) is 3.24. The highest BCUT2D eigenvalue weighted by molar-refractivity contribution is 6.35. The standard InChI is InChI=1S/C22H21Cl3N2O/c1-13-4-5-27(11-13)21-9-17-18(7-16(23)8-20(17)25)22(21)28-12-15-3-2-14(10-26)6-19(15)24/h2-3,6-8,13,21-22H,4-5,9,11-12H2,1H3/t13-,21+,22+/m1/s1. The summed E-state index contributed by atoms with van der Waals surface area (Å²) in [6, 6.07) is 11.4. The minimum atomic E-state index is -0.108. The molecule has 1 saturated heterocycles. The van der Waals surface area contributed by atoms with Crippen molar-refractivity contribution in [1.29, 1.82) is 5.26 Å². The molecule has 4 rings (SSSR count). The Kier molecular flexibility index (Phi) is 5.88. The van der Waals surface area contributed by atoms with E-state index in [2.05, 4.69) is 17.9 Å². The Balaban J connectivity index is 1.61. The number of ether oxygens (including phenoxy) is 1. The van der Waals surface area contributed by atoms with E-state index in [0.29, 0.717) is 33.2 Å². The lowest BCUT2D eigenvalue weighted by Gasteiger charge is -2.30. The van der Waals surface area contributed by atoms with Crippen LogP contribution in [-0.2, 0) is 17.8 Å². The van der Waals surface area contributed by atoms with Crippen LogP contribution >= 0.6 is 34.8 Å². The second-order valence-electron chi connectivity index (χ2n) is 7.77. The van der Waals surface area contributed by atoms with Gasteiger partial charge >= 0.3 is 0 Å². The first-order valence-corrected chi connectivity index (χ1v) is 10.6. The van der Waals surface area contributed by atoms with Gasteiger partial charge in [-0.3, -0.25) is 4.90 Å². The third-order valence-electron chi connectivity index (χ3n) is 5.79. The molecule has 0 spiro atoms. The Morgan fingerprint density at radius 1 is 1.18 bits per heavy atom. The summed E-state index contributed by atoms with van der Waals surface area (Å²) in [5, 5.41) is 10.9. The van der Waals surface area contributed by atoms with E-state index in [9.17, 15) is 0 Å². The van der Waals surface area contributed by atoms with Crippen LogP contribution in [-0.4, -0.2) is 24.0 Å². The highest BCUT2D eigenvalue weighted by atomic mass is 35.5. The summed E-state index contributed by atoms with van der Waals surface area (Å²) >= 11 is 19.1. The summed E-state index contributed by atoms with van der Waals surface area (Å²) in [5.74, 6) is 0.691. The SMILES string of the molecule is C[C@@H]1CCN([C@H]2Cc3c(Cl)cc(Cl)cc3[C@@H]2OCc2ccc(C#N)cc2Cl)C1. The minimum absolute atomic E-state index is 0.108. The molecule has 1 heterocycles. The molecule has 0 aromatic heterocycles. The van der Waals surface area contributed by atoms with Gasteiger partial charge in [-0.2, -0.15) is 5.26 Å². The molecule has 0 amide bonds. The molecule has 3 atom stereocenters. The number of halogens is 3. The molecule has 3 nitrogen and oxygen atoms in total. The van der Waals surface area contributed by atoms with Gasteiger partial charge in [0.05, 0.1) is 24.3 Å². The van der Waals surface area contributed by atoms with Gasteiger partial charge in [0.1, 0.15) is 0 Å². The Labute approximate surface area is 180 Å². The van der Waals surface area contributed by atoms with Crippen LogP contribution in [0.1, 0.15) is 41.7 Å². The molecule has 1 aliphatic carbocycles. The summed E-state index contributed by atoms with van der Waals surface area (Å²) in [4.78, 5) is 2.51. The number of hydrogen-bond acceptors (Lipinski definition) is 3. The summed E-state index contributed by atoms with van der Waals surface area (Å²) in [6.07, 6.45) is 1.96. The molecule has 2 aliphatic rings. The van der Waals surface area contributed by atoms with E-state index >= 15 is 0 Å². The van der Waals surface area contributed by atoms with Crippen LogP contribution in [0.15, 0.2) is 30.3 Å². The lowest BCUT2D eigenvalue weighted by Crippen LogP contribution is -2.37. The zero-order valence-corrected chi connectivity index (χ0v) is 17.9. The monoisotopic (exact) mass is 434 g/mol. The number of nitrogens with zero attached hydrogens (tertiary/aromatic N) is 2. The fourth-order valence-electron chi connectivity index (χ4n) is 4.32. The molecule has 1 aliphatic heterocycles. The van der Waals surface area contributed by atoms with Gasteiger partial charge in [-0.05, 0) is 66.3 Å². The summed E-state index contributed by atoms with van der Waals surface area (Å²) in [7, 11) is 0. The van der Waals surface area contributed by atoms with Gasteiger partial charge in [0, 0.05) is 27.7 Å². The van der Waals surface area contributed by atoms with Crippen molar-refractivity contribution in [3.8, 4) is 6.07 Å². The van der Waals surface area contributed by atoms with Crippen LogP contribution in [0.2, 0.25) is 15.1 Å². The van der Waals surface area contributed by atoms with Gasteiger partial charge in [0.15, 0.2) is 0 Å². The molecule has 1 fully saturated rings. The summed E-state index contributed by atoms with van der Waals surface area (Å²) in [5.41, 5.74) is 3.62. The quantitative estimate of drug-likeness (QED) is 0.587. The maximum Gasteiger partial charge on any atom is 0.0992 e. The van der Waals surface area contributed by atoms with Crippen molar-refractivity contribution >= 4 is 34.8 Å². The molecule has 6 heteroatoms. The third-order valence-corrected chi connectivity index (χ3v) is 6.70. The maximum atomic E-state index is 9.02. The van der Waals surface area contributed by atoms with Crippen molar-refractivity contribution in [3.63, 3.8) is 0 Å². The third kappa shape index (κ3) is 3.90. The van der Waals surface area contributed by atoms with Crippen LogP contribution in [0, 0.1) is 17.2 Å². The largest absolute Gasteiger partial charge is 0.367 e. The van der Waals surface area contributed by atoms with Crippen molar-refractivity contribution in [2.45, 2.75) is 38.5 Å².